The van der Waals surface area contributed by atoms with Crippen molar-refractivity contribution in [2.45, 2.75) is 58.4 Å². The van der Waals surface area contributed by atoms with Gasteiger partial charge in [0.15, 0.2) is 5.67 Å². The summed E-state index contributed by atoms with van der Waals surface area (Å²) in [7, 11) is 0. The number of halogens is 1. The van der Waals surface area contributed by atoms with Gasteiger partial charge in [-0.15, -0.1) is 0 Å². The molecule has 1 saturated heterocycles. The van der Waals surface area contributed by atoms with Gasteiger partial charge in [0.25, 0.3) is 0 Å². The lowest BCUT2D eigenvalue weighted by molar-refractivity contribution is -0.173. The minimum Gasteiger partial charge on any atom is -0.465 e. The fourth-order valence-corrected chi connectivity index (χ4v) is 2.79. The highest BCUT2D eigenvalue weighted by Gasteiger charge is 2.59. The summed E-state index contributed by atoms with van der Waals surface area (Å²) in [5, 5.41) is 19.3. The number of nitrogens with zero attached hydrogens (tertiary/aromatic N) is 1. The van der Waals surface area contributed by atoms with E-state index in [4.69, 9.17) is 5.11 Å². The molecule has 3 unspecified atom stereocenters. The Bertz CT molecular complexity index is 320. The zero-order valence-corrected chi connectivity index (χ0v) is 11.1. The second-order valence-corrected chi connectivity index (χ2v) is 6.34. The Labute approximate surface area is 101 Å². The second-order valence-electron chi connectivity index (χ2n) is 6.34. The lowest BCUT2D eigenvalue weighted by Crippen LogP contribution is -2.70. The van der Waals surface area contributed by atoms with Crippen LogP contribution in [0.4, 0.5) is 9.18 Å². The number of alkyl halides is 1. The van der Waals surface area contributed by atoms with Crippen LogP contribution in [0.25, 0.3) is 0 Å². The van der Waals surface area contributed by atoms with Crippen LogP contribution in [0.3, 0.4) is 0 Å². The van der Waals surface area contributed by atoms with Crippen LogP contribution in [-0.2, 0) is 0 Å². The fraction of sp³-hybridized carbons (Fsp3) is 0.917. The summed E-state index contributed by atoms with van der Waals surface area (Å²) in [6.45, 7) is 8.24. The molecule has 4 nitrogen and oxygen atoms in total. The number of rotatable bonds is 0. The third-order valence-corrected chi connectivity index (χ3v) is 3.78. The lowest BCUT2D eigenvalue weighted by atomic mass is 9.67. The molecule has 1 aliphatic heterocycles. The summed E-state index contributed by atoms with van der Waals surface area (Å²) < 4.78 is 14.9. The topological polar surface area (TPSA) is 60.8 Å². The average Bonchev–Trinajstić information content (AvgIpc) is 2.06. The number of hydrogen-bond acceptors (Lipinski definition) is 2. The molecular formula is C12H22FNO3. The first-order valence-electron chi connectivity index (χ1n) is 5.82. The Hall–Kier alpha value is -0.840. The van der Waals surface area contributed by atoms with Crippen LogP contribution in [0.2, 0.25) is 0 Å². The summed E-state index contributed by atoms with van der Waals surface area (Å²) in [6.07, 6.45) is -1.02. The first kappa shape index (κ1) is 14.2. The molecule has 3 atom stereocenters. The van der Waals surface area contributed by atoms with Gasteiger partial charge in [0.1, 0.15) is 0 Å². The van der Waals surface area contributed by atoms with E-state index in [-0.39, 0.29) is 13.0 Å². The van der Waals surface area contributed by atoms with Crippen molar-refractivity contribution in [1.82, 2.24) is 4.90 Å². The third kappa shape index (κ3) is 2.25. The van der Waals surface area contributed by atoms with Gasteiger partial charge in [0.05, 0.1) is 11.6 Å². The molecule has 1 fully saturated rings. The van der Waals surface area contributed by atoms with E-state index in [0.29, 0.717) is 0 Å². The van der Waals surface area contributed by atoms with Crippen molar-refractivity contribution in [2.75, 3.05) is 6.54 Å². The first-order chi connectivity index (χ1) is 7.41. The maximum absolute atomic E-state index is 14.9. The number of carbonyl (C=O) groups is 1. The van der Waals surface area contributed by atoms with Gasteiger partial charge in [0, 0.05) is 6.54 Å². The second kappa shape index (κ2) is 3.83. The third-order valence-electron chi connectivity index (χ3n) is 3.78. The normalized spacial score (nSPS) is 39.2. The van der Waals surface area contributed by atoms with Gasteiger partial charge in [-0.05, 0) is 25.7 Å². The Kier molecular flexibility index (Phi) is 3.21. The van der Waals surface area contributed by atoms with Gasteiger partial charge in [-0.25, -0.2) is 9.18 Å². The minimum absolute atomic E-state index is 0.110. The van der Waals surface area contributed by atoms with Crippen molar-refractivity contribution in [3.63, 3.8) is 0 Å². The summed E-state index contributed by atoms with van der Waals surface area (Å²) in [5.41, 5.74) is -4.05. The molecule has 0 spiro atoms. The van der Waals surface area contributed by atoms with Crippen LogP contribution >= 0.6 is 0 Å². The standard InChI is InChI=1S/C12H22FNO3/c1-10(2,3)8-12(5,13)11(4,17)6-7-14(8)9(15)16/h8,17H,6-7H2,1-5H3,(H,15,16). The van der Waals surface area contributed by atoms with Crippen LogP contribution in [0.5, 0.6) is 0 Å². The van der Waals surface area contributed by atoms with Crippen LogP contribution in [0.15, 0.2) is 0 Å². The summed E-state index contributed by atoms with van der Waals surface area (Å²) in [4.78, 5) is 12.3. The van der Waals surface area contributed by atoms with E-state index in [9.17, 15) is 14.3 Å². The Morgan fingerprint density at radius 2 is 1.88 bits per heavy atom. The smallest absolute Gasteiger partial charge is 0.407 e. The SMILES string of the molecule is CC(C)(C)C1N(C(=O)O)CCC(C)(O)C1(C)F. The molecular weight excluding hydrogens is 225 g/mol. The highest BCUT2D eigenvalue weighted by molar-refractivity contribution is 5.66. The van der Waals surface area contributed by atoms with Crippen molar-refractivity contribution in [1.29, 1.82) is 0 Å². The molecule has 0 radical (unpaired) electrons. The molecule has 1 rings (SSSR count). The zero-order chi connectivity index (χ0) is 13.6. The fourth-order valence-electron chi connectivity index (χ4n) is 2.79. The average molecular weight is 247 g/mol. The van der Waals surface area contributed by atoms with Gasteiger partial charge in [-0.2, -0.15) is 0 Å². The summed E-state index contributed by atoms with van der Waals surface area (Å²) in [5.74, 6) is 0. The molecule has 1 amide bonds. The molecule has 0 aromatic heterocycles. The number of carboxylic acid groups (broad SMARTS) is 1. The van der Waals surface area contributed by atoms with Gasteiger partial charge in [0.2, 0.25) is 0 Å². The maximum atomic E-state index is 14.9. The Balaban J connectivity index is 3.24. The first-order valence-corrected chi connectivity index (χ1v) is 5.82. The zero-order valence-electron chi connectivity index (χ0n) is 11.1. The van der Waals surface area contributed by atoms with Crippen molar-refractivity contribution < 1.29 is 19.4 Å². The predicted octanol–water partition coefficient (Wildman–Crippen LogP) is 2.26. The van der Waals surface area contributed by atoms with Gasteiger partial charge >= 0.3 is 6.09 Å². The summed E-state index contributed by atoms with van der Waals surface area (Å²) in [6, 6.07) is -0.865. The van der Waals surface area contributed by atoms with Gasteiger partial charge < -0.3 is 15.1 Å². The molecule has 0 aromatic carbocycles. The molecule has 0 saturated carbocycles. The maximum Gasteiger partial charge on any atom is 0.407 e. The van der Waals surface area contributed by atoms with Crippen LogP contribution < -0.4 is 0 Å². The van der Waals surface area contributed by atoms with Crippen molar-refractivity contribution in [3.05, 3.63) is 0 Å². The number of likely N-dealkylation sites (tertiary alicyclic amines) is 1. The van der Waals surface area contributed by atoms with E-state index >= 15 is 0 Å². The molecule has 1 heterocycles. The van der Waals surface area contributed by atoms with E-state index in [0.717, 1.165) is 4.90 Å². The molecule has 17 heavy (non-hydrogen) atoms. The van der Waals surface area contributed by atoms with Crippen LogP contribution in [-0.4, -0.2) is 45.1 Å². The molecule has 0 bridgehead atoms. The quantitative estimate of drug-likeness (QED) is 0.690. The molecule has 0 aromatic rings. The van der Waals surface area contributed by atoms with E-state index in [1.807, 2.05) is 0 Å². The molecule has 100 valence electrons. The van der Waals surface area contributed by atoms with E-state index in [2.05, 4.69) is 0 Å². The highest BCUT2D eigenvalue weighted by atomic mass is 19.1. The van der Waals surface area contributed by atoms with Crippen molar-refractivity contribution in [2.24, 2.45) is 5.41 Å². The molecule has 5 heteroatoms. The van der Waals surface area contributed by atoms with E-state index in [1.165, 1.54) is 13.8 Å². The molecule has 1 aliphatic rings. The monoisotopic (exact) mass is 247 g/mol. The number of hydrogen-bond donors (Lipinski definition) is 2. The largest absolute Gasteiger partial charge is 0.465 e. The highest BCUT2D eigenvalue weighted by Crippen LogP contribution is 2.45. The molecule has 0 aliphatic carbocycles. The van der Waals surface area contributed by atoms with E-state index in [1.54, 1.807) is 20.8 Å². The molecule has 2 N–H and O–H groups in total. The number of aliphatic hydroxyl groups is 1. The summed E-state index contributed by atoms with van der Waals surface area (Å²) >= 11 is 0. The van der Waals surface area contributed by atoms with Crippen LogP contribution in [0, 0.1) is 5.41 Å². The lowest BCUT2D eigenvalue weighted by Gasteiger charge is -2.54. The van der Waals surface area contributed by atoms with Gasteiger partial charge in [-0.1, -0.05) is 20.8 Å². The number of amides is 1. The van der Waals surface area contributed by atoms with Gasteiger partial charge in [-0.3, -0.25) is 0 Å². The Morgan fingerprint density at radius 1 is 1.41 bits per heavy atom. The Morgan fingerprint density at radius 3 is 2.24 bits per heavy atom. The van der Waals surface area contributed by atoms with Crippen molar-refractivity contribution in [3.8, 4) is 0 Å². The number of piperidine rings is 1. The predicted molar refractivity (Wildman–Crippen MR) is 62.7 cm³/mol. The van der Waals surface area contributed by atoms with Crippen LogP contribution in [0.1, 0.15) is 41.0 Å². The minimum atomic E-state index is -1.97. The van der Waals surface area contributed by atoms with Crippen molar-refractivity contribution >= 4 is 6.09 Å². The van der Waals surface area contributed by atoms with E-state index < -0.39 is 28.8 Å².